The summed E-state index contributed by atoms with van der Waals surface area (Å²) in [5.41, 5.74) is -0.272. The van der Waals surface area contributed by atoms with Crippen LogP contribution in [0.15, 0.2) is 36.4 Å². The zero-order valence-corrected chi connectivity index (χ0v) is 9.91. The zero-order valence-electron chi connectivity index (χ0n) is 9.91. The van der Waals surface area contributed by atoms with E-state index in [0.29, 0.717) is 6.07 Å². The van der Waals surface area contributed by atoms with Gasteiger partial charge in [-0.3, -0.25) is 4.79 Å². The lowest BCUT2D eigenvalue weighted by molar-refractivity contribution is 0.101. The maximum atomic E-state index is 13.5. The van der Waals surface area contributed by atoms with E-state index in [1.54, 1.807) is 0 Å². The second-order valence-corrected chi connectivity index (χ2v) is 3.85. The summed E-state index contributed by atoms with van der Waals surface area (Å²) in [5.74, 6) is -3.38. The Bertz CT molecular complexity index is 639. The molecule has 0 aliphatic heterocycles. The van der Waals surface area contributed by atoms with Gasteiger partial charge in [0.25, 0.3) is 0 Å². The highest BCUT2D eigenvalue weighted by atomic mass is 19.1. The van der Waals surface area contributed by atoms with Crippen LogP contribution in [0.3, 0.4) is 0 Å². The molecule has 0 aromatic heterocycles. The van der Waals surface area contributed by atoms with Gasteiger partial charge in [0.05, 0.1) is 5.56 Å². The molecule has 0 amide bonds. The van der Waals surface area contributed by atoms with E-state index in [0.717, 1.165) is 18.2 Å². The summed E-state index contributed by atoms with van der Waals surface area (Å²) in [4.78, 5) is 11.3. The Morgan fingerprint density at radius 3 is 2.37 bits per heavy atom. The summed E-state index contributed by atoms with van der Waals surface area (Å²) in [7, 11) is 0. The molecule has 2 rings (SSSR count). The van der Waals surface area contributed by atoms with Crippen LogP contribution in [0.1, 0.15) is 17.3 Å². The Labute approximate surface area is 107 Å². The van der Waals surface area contributed by atoms with Gasteiger partial charge in [0, 0.05) is 6.07 Å². The molecule has 0 saturated heterocycles. The molecular weight excluding hydrogens is 257 g/mol. The fraction of sp³-hybridized carbons (Fsp3) is 0.0714. The van der Waals surface area contributed by atoms with E-state index in [4.69, 9.17) is 4.74 Å². The average Bonchev–Trinajstić information content (AvgIpc) is 2.32. The van der Waals surface area contributed by atoms with E-state index < -0.39 is 23.2 Å². The van der Waals surface area contributed by atoms with Crippen molar-refractivity contribution in [1.29, 1.82) is 0 Å². The predicted molar refractivity (Wildman–Crippen MR) is 62.8 cm³/mol. The third-order valence-electron chi connectivity index (χ3n) is 2.44. The lowest BCUT2D eigenvalue weighted by Gasteiger charge is -2.10. The van der Waals surface area contributed by atoms with Crippen molar-refractivity contribution in [3.8, 4) is 11.5 Å². The largest absolute Gasteiger partial charge is 0.453 e. The van der Waals surface area contributed by atoms with E-state index in [1.165, 1.54) is 19.1 Å². The quantitative estimate of drug-likeness (QED) is 0.782. The molecule has 5 heteroatoms. The van der Waals surface area contributed by atoms with Crippen molar-refractivity contribution < 1.29 is 22.7 Å². The van der Waals surface area contributed by atoms with Crippen LogP contribution in [0.5, 0.6) is 11.5 Å². The summed E-state index contributed by atoms with van der Waals surface area (Å²) in [6, 6.07) is 6.48. The average molecular weight is 266 g/mol. The number of rotatable bonds is 3. The highest BCUT2D eigenvalue weighted by Crippen LogP contribution is 2.29. The first-order chi connectivity index (χ1) is 8.99. The second-order valence-electron chi connectivity index (χ2n) is 3.85. The molecule has 0 N–H and O–H groups in total. The van der Waals surface area contributed by atoms with Crippen molar-refractivity contribution in [2.45, 2.75) is 6.92 Å². The molecule has 0 saturated carbocycles. The molecule has 0 bridgehead atoms. The van der Waals surface area contributed by atoms with Crippen LogP contribution < -0.4 is 4.74 Å². The Balaban J connectivity index is 2.44. The van der Waals surface area contributed by atoms with Gasteiger partial charge in [-0.25, -0.2) is 13.2 Å². The van der Waals surface area contributed by atoms with Crippen LogP contribution in [0, 0.1) is 17.5 Å². The van der Waals surface area contributed by atoms with Gasteiger partial charge in [0.2, 0.25) is 0 Å². The first-order valence-corrected chi connectivity index (χ1v) is 5.41. The van der Waals surface area contributed by atoms with E-state index in [2.05, 4.69) is 0 Å². The summed E-state index contributed by atoms with van der Waals surface area (Å²) in [6.45, 7) is 1.17. The lowest BCUT2D eigenvalue weighted by Crippen LogP contribution is -2.01. The minimum absolute atomic E-state index is 0.113. The molecule has 0 aliphatic carbocycles. The van der Waals surface area contributed by atoms with E-state index >= 15 is 0 Å². The van der Waals surface area contributed by atoms with Crippen LogP contribution >= 0.6 is 0 Å². The molecule has 0 unspecified atom stereocenters. The molecule has 2 nitrogen and oxygen atoms in total. The standard InChI is InChI=1S/C14H9F3O2/c1-8(18)14-10(16)3-2-4-13(14)19-12-6-5-9(15)7-11(12)17/h2-7H,1H3. The second kappa shape index (κ2) is 5.14. The monoisotopic (exact) mass is 266 g/mol. The Kier molecular flexibility index (Phi) is 3.55. The van der Waals surface area contributed by atoms with Gasteiger partial charge in [-0.1, -0.05) is 6.07 Å². The van der Waals surface area contributed by atoms with Gasteiger partial charge in [0.1, 0.15) is 17.4 Å². The highest BCUT2D eigenvalue weighted by molar-refractivity contribution is 5.97. The molecule has 98 valence electrons. The van der Waals surface area contributed by atoms with Gasteiger partial charge in [-0.05, 0) is 31.2 Å². The minimum Gasteiger partial charge on any atom is -0.453 e. The number of carbonyl (C=O) groups is 1. The van der Waals surface area contributed by atoms with Crippen molar-refractivity contribution in [2.24, 2.45) is 0 Å². The topological polar surface area (TPSA) is 26.3 Å². The number of hydrogen-bond donors (Lipinski definition) is 0. The highest BCUT2D eigenvalue weighted by Gasteiger charge is 2.16. The van der Waals surface area contributed by atoms with Crippen LogP contribution in [-0.4, -0.2) is 5.78 Å². The third-order valence-corrected chi connectivity index (χ3v) is 2.44. The first-order valence-electron chi connectivity index (χ1n) is 5.41. The van der Waals surface area contributed by atoms with Gasteiger partial charge in [0.15, 0.2) is 17.3 Å². The molecule has 2 aromatic rings. The van der Waals surface area contributed by atoms with Crippen molar-refractivity contribution in [3.63, 3.8) is 0 Å². The Morgan fingerprint density at radius 2 is 1.74 bits per heavy atom. The van der Waals surface area contributed by atoms with Crippen molar-refractivity contribution >= 4 is 5.78 Å². The fourth-order valence-corrected chi connectivity index (χ4v) is 1.61. The van der Waals surface area contributed by atoms with E-state index in [1.807, 2.05) is 0 Å². The summed E-state index contributed by atoms with van der Waals surface area (Å²) in [5, 5.41) is 0. The van der Waals surface area contributed by atoms with E-state index in [9.17, 15) is 18.0 Å². The number of carbonyl (C=O) groups excluding carboxylic acids is 1. The normalized spacial score (nSPS) is 10.3. The molecule has 2 aromatic carbocycles. The predicted octanol–water partition coefficient (Wildman–Crippen LogP) is 4.10. The minimum atomic E-state index is -0.932. The summed E-state index contributed by atoms with van der Waals surface area (Å²) < 4.78 is 44.8. The number of halogens is 3. The van der Waals surface area contributed by atoms with Crippen molar-refractivity contribution in [1.82, 2.24) is 0 Å². The Morgan fingerprint density at radius 1 is 1.00 bits per heavy atom. The van der Waals surface area contributed by atoms with Gasteiger partial charge in [-0.2, -0.15) is 0 Å². The molecule has 0 aliphatic rings. The van der Waals surface area contributed by atoms with Crippen molar-refractivity contribution in [2.75, 3.05) is 0 Å². The maximum absolute atomic E-state index is 13.5. The molecular formula is C14H9F3O2. The number of Topliss-reactive ketones (excluding diaryl/α,β-unsaturated/α-hetero) is 1. The maximum Gasteiger partial charge on any atom is 0.168 e. The van der Waals surface area contributed by atoms with Crippen LogP contribution in [0.25, 0.3) is 0 Å². The number of ether oxygens (including phenoxy) is 1. The van der Waals surface area contributed by atoms with Crippen LogP contribution in [0.4, 0.5) is 13.2 Å². The third kappa shape index (κ3) is 2.76. The summed E-state index contributed by atoms with van der Waals surface area (Å²) in [6.07, 6.45) is 0. The van der Waals surface area contributed by atoms with Crippen LogP contribution in [0.2, 0.25) is 0 Å². The molecule has 0 atom stereocenters. The fourth-order valence-electron chi connectivity index (χ4n) is 1.61. The zero-order chi connectivity index (χ0) is 14.0. The molecule has 0 heterocycles. The van der Waals surface area contributed by atoms with Gasteiger partial charge >= 0.3 is 0 Å². The van der Waals surface area contributed by atoms with Gasteiger partial charge in [-0.15, -0.1) is 0 Å². The van der Waals surface area contributed by atoms with Crippen molar-refractivity contribution in [3.05, 3.63) is 59.4 Å². The molecule has 0 fully saturated rings. The van der Waals surface area contributed by atoms with Gasteiger partial charge < -0.3 is 4.74 Å². The van der Waals surface area contributed by atoms with Crippen LogP contribution in [-0.2, 0) is 0 Å². The summed E-state index contributed by atoms with van der Waals surface area (Å²) >= 11 is 0. The number of hydrogen-bond acceptors (Lipinski definition) is 2. The number of benzene rings is 2. The number of ketones is 1. The smallest absolute Gasteiger partial charge is 0.168 e. The molecule has 0 spiro atoms. The lowest BCUT2D eigenvalue weighted by atomic mass is 10.1. The molecule has 19 heavy (non-hydrogen) atoms. The molecule has 0 radical (unpaired) electrons. The SMILES string of the molecule is CC(=O)c1c(F)cccc1Oc1ccc(F)cc1F. The Hall–Kier alpha value is -2.30. The van der Waals surface area contributed by atoms with E-state index in [-0.39, 0.29) is 17.1 Å². The first kappa shape index (κ1) is 13.1.